The summed E-state index contributed by atoms with van der Waals surface area (Å²) in [4.78, 5) is 0. The van der Waals surface area contributed by atoms with E-state index in [9.17, 15) is 8.42 Å². The summed E-state index contributed by atoms with van der Waals surface area (Å²) >= 11 is 12.0. The maximum absolute atomic E-state index is 12.0. The second-order valence-electron chi connectivity index (χ2n) is 4.73. The average Bonchev–Trinajstić information content (AvgIpc) is 2.47. The summed E-state index contributed by atoms with van der Waals surface area (Å²) in [5.41, 5.74) is 1.26. The Morgan fingerprint density at radius 1 is 1.04 bits per heavy atom. The van der Waals surface area contributed by atoms with Gasteiger partial charge in [-0.3, -0.25) is 10.1 Å². The number of nitrogens with one attached hydrogen (secondary N) is 2. The molecular formula is C16H14Cl2N2O2S. The summed E-state index contributed by atoms with van der Waals surface area (Å²) in [5, 5.41) is 9.42. The molecule has 2 N–H and O–H groups in total. The molecule has 0 aliphatic rings. The van der Waals surface area contributed by atoms with Gasteiger partial charge in [0.1, 0.15) is 5.84 Å². The normalized spacial score (nSPS) is 11.6. The van der Waals surface area contributed by atoms with Gasteiger partial charge in [0.25, 0.3) is 10.0 Å². The summed E-state index contributed by atoms with van der Waals surface area (Å²) in [5.74, 6) is -0.119. The van der Waals surface area contributed by atoms with Crippen LogP contribution in [0.2, 0.25) is 10.0 Å². The van der Waals surface area contributed by atoms with Crippen molar-refractivity contribution in [1.29, 1.82) is 5.41 Å². The first kappa shape index (κ1) is 17.5. The standard InChI is InChI=1S/C16H14Cl2N2O2S/c17-14-7-4-8-15(18)13(14)9-10-23(21,22)20-16(19)11-12-5-2-1-3-6-12/h1-10H,11H2,(H2,19,20). The third-order valence-corrected chi connectivity index (χ3v) is 4.59. The fourth-order valence-electron chi connectivity index (χ4n) is 1.87. The maximum Gasteiger partial charge on any atom is 0.255 e. The summed E-state index contributed by atoms with van der Waals surface area (Å²) in [6.45, 7) is 0. The van der Waals surface area contributed by atoms with E-state index in [1.54, 1.807) is 18.2 Å². The highest BCUT2D eigenvalue weighted by molar-refractivity contribution is 7.93. The number of halogens is 2. The van der Waals surface area contributed by atoms with Crippen molar-refractivity contribution in [3.8, 4) is 0 Å². The zero-order valence-electron chi connectivity index (χ0n) is 12.0. The predicted octanol–water partition coefficient (Wildman–Crippen LogP) is 4.10. The molecule has 0 bridgehead atoms. The Balaban J connectivity index is 2.07. The van der Waals surface area contributed by atoms with E-state index in [1.165, 1.54) is 6.08 Å². The minimum Gasteiger partial charge on any atom is -0.287 e. The third-order valence-electron chi connectivity index (χ3n) is 2.90. The second-order valence-corrected chi connectivity index (χ2v) is 7.11. The van der Waals surface area contributed by atoms with Crippen molar-refractivity contribution in [2.75, 3.05) is 0 Å². The number of benzene rings is 2. The van der Waals surface area contributed by atoms with Gasteiger partial charge in [-0.25, -0.2) is 8.42 Å². The van der Waals surface area contributed by atoms with Crippen molar-refractivity contribution in [3.05, 3.63) is 75.1 Å². The van der Waals surface area contributed by atoms with Gasteiger partial charge in [0.05, 0.1) is 5.41 Å². The van der Waals surface area contributed by atoms with E-state index >= 15 is 0 Å². The van der Waals surface area contributed by atoms with Gasteiger partial charge in [0.2, 0.25) is 0 Å². The lowest BCUT2D eigenvalue weighted by Gasteiger charge is -2.06. The first-order valence-corrected chi connectivity index (χ1v) is 8.94. The monoisotopic (exact) mass is 368 g/mol. The molecule has 0 aromatic heterocycles. The van der Waals surface area contributed by atoms with Crippen molar-refractivity contribution < 1.29 is 8.42 Å². The Morgan fingerprint density at radius 3 is 2.26 bits per heavy atom. The fraction of sp³-hybridized carbons (Fsp3) is 0.0625. The molecule has 0 atom stereocenters. The second kappa shape index (κ2) is 7.64. The van der Waals surface area contributed by atoms with Gasteiger partial charge in [-0.1, -0.05) is 59.6 Å². The van der Waals surface area contributed by atoms with Crippen molar-refractivity contribution in [3.63, 3.8) is 0 Å². The van der Waals surface area contributed by atoms with Crippen LogP contribution in [0, 0.1) is 5.41 Å². The average molecular weight is 369 g/mol. The molecule has 2 aromatic rings. The number of hydrogen-bond acceptors (Lipinski definition) is 3. The van der Waals surface area contributed by atoms with E-state index in [1.807, 2.05) is 30.3 Å². The number of hydrogen-bond donors (Lipinski definition) is 2. The van der Waals surface area contributed by atoms with Crippen LogP contribution < -0.4 is 4.72 Å². The van der Waals surface area contributed by atoms with Gasteiger partial charge in [0, 0.05) is 22.0 Å². The first-order chi connectivity index (χ1) is 10.9. The van der Waals surface area contributed by atoms with E-state index in [4.69, 9.17) is 28.6 Å². The van der Waals surface area contributed by atoms with Gasteiger partial charge in [-0.05, 0) is 23.8 Å². The molecule has 2 aromatic carbocycles. The van der Waals surface area contributed by atoms with E-state index < -0.39 is 10.0 Å². The molecule has 0 spiro atoms. The molecule has 0 saturated heterocycles. The Bertz CT molecular complexity index is 814. The van der Waals surface area contributed by atoms with Crippen LogP contribution in [0.3, 0.4) is 0 Å². The van der Waals surface area contributed by atoms with Crippen LogP contribution in [0.4, 0.5) is 0 Å². The Morgan fingerprint density at radius 2 is 1.65 bits per heavy atom. The number of sulfonamides is 1. The molecule has 0 saturated carbocycles. The van der Waals surface area contributed by atoms with Crippen molar-refractivity contribution in [1.82, 2.24) is 4.72 Å². The molecule has 120 valence electrons. The van der Waals surface area contributed by atoms with Gasteiger partial charge in [-0.2, -0.15) is 0 Å². The Hall–Kier alpha value is -1.82. The molecule has 0 heterocycles. The lowest BCUT2D eigenvalue weighted by molar-refractivity contribution is 0.601. The SMILES string of the molecule is N=C(Cc1ccccc1)NS(=O)(=O)C=Cc1c(Cl)cccc1Cl. The molecule has 0 unspecified atom stereocenters. The fourth-order valence-corrected chi connectivity index (χ4v) is 3.19. The van der Waals surface area contributed by atoms with Crippen LogP contribution in [0.25, 0.3) is 6.08 Å². The molecule has 4 nitrogen and oxygen atoms in total. The molecule has 0 amide bonds. The van der Waals surface area contributed by atoms with Gasteiger partial charge < -0.3 is 0 Å². The van der Waals surface area contributed by atoms with E-state index in [-0.39, 0.29) is 12.3 Å². The molecular weight excluding hydrogens is 355 g/mol. The number of rotatable bonds is 5. The molecule has 23 heavy (non-hydrogen) atoms. The minimum absolute atomic E-state index is 0.119. The lowest BCUT2D eigenvalue weighted by atomic mass is 10.1. The van der Waals surface area contributed by atoms with Crippen LogP contribution >= 0.6 is 23.2 Å². The summed E-state index contributed by atoms with van der Waals surface area (Å²) in [7, 11) is -3.81. The number of amidine groups is 1. The highest BCUT2D eigenvalue weighted by Crippen LogP contribution is 2.25. The minimum atomic E-state index is -3.81. The molecule has 0 radical (unpaired) electrons. The molecule has 2 rings (SSSR count). The highest BCUT2D eigenvalue weighted by Gasteiger charge is 2.10. The van der Waals surface area contributed by atoms with Gasteiger partial charge in [-0.15, -0.1) is 0 Å². The Kier molecular flexibility index (Phi) is 5.82. The smallest absolute Gasteiger partial charge is 0.255 e. The van der Waals surface area contributed by atoms with Gasteiger partial charge >= 0.3 is 0 Å². The topological polar surface area (TPSA) is 70.0 Å². The Labute approximate surface area is 145 Å². The van der Waals surface area contributed by atoms with Gasteiger partial charge in [0.15, 0.2) is 0 Å². The molecule has 0 aliphatic heterocycles. The zero-order valence-corrected chi connectivity index (χ0v) is 14.3. The quantitative estimate of drug-likeness (QED) is 0.615. The van der Waals surface area contributed by atoms with E-state index in [0.29, 0.717) is 15.6 Å². The van der Waals surface area contributed by atoms with E-state index in [2.05, 4.69) is 4.72 Å². The first-order valence-electron chi connectivity index (χ1n) is 6.63. The van der Waals surface area contributed by atoms with Crippen molar-refractivity contribution >= 4 is 45.1 Å². The largest absolute Gasteiger partial charge is 0.287 e. The predicted molar refractivity (Wildman–Crippen MR) is 95.4 cm³/mol. The molecule has 0 aliphatic carbocycles. The summed E-state index contributed by atoms with van der Waals surface area (Å²) < 4.78 is 26.2. The molecule has 7 heteroatoms. The van der Waals surface area contributed by atoms with Crippen LogP contribution in [0.5, 0.6) is 0 Å². The zero-order chi connectivity index (χ0) is 16.9. The maximum atomic E-state index is 12.0. The third kappa shape index (κ3) is 5.39. The highest BCUT2D eigenvalue weighted by atomic mass is 35.5. The van der Waals surface area contributed by atoms with Crippen LogP contribution in [-0.2, 0) is 16.4 Å². The summed E-state index contributed by atoms with van der Waals surface area (Å²) in [6, 6.07) is 14.1. The van der Waals surface area contributed by atoms with Crippen molar-refractivity contribution in [2.45, 2.75) is 6.42 Å². The van der Waals surface area contributed by atoms with E-state index in [0.717, 1.165) is 11.0 Å². The lowest BCUT2D eigenvalue weighted by Crippen LogP contribution is -2.29. The van der Waals surface area contributed by atoms with Crippen LogP contribution in [0.15, 0.2) is 53.9 Å². The summed E-state index contributed by atoms with van der Waals surface area (Å²) in [6.07, 6.45) is 1.50. The van der Waals surface area contributed by atoms with Crippen molar-refractivity contribution in [2.24, 2.45) is 0 Å². The van der Waals surface area contributed by atoms with Crippen LogP contribution in [-0.4, -0.2) is 14.3 Å². The molecule has 0 fully saturated rings. The van der Waals surface area contributed by atoms with Crippen LogP contribution in [0.1, 0.15) is 11.1 Å².